The molecule has 1 unspecified atom stereocenters. The maximum atomic E-state index is 13.3. The lowest BCUT2D eigenvalue weighted by Crippen LogP contribution is -2.37. The van der Waals surface area contributed by atoms with Crippen molar-refractivity contribution in [2.75, 3.05) is 11.4 Å². The fraction of sp³-hybridized carbons (Fsp3) is 0.308. The minimum atomic E-state index is -1.31. The average Bonchev–Trinajstić information content (AvgIpc) is 2.53. The molecular formula is C13H12FNO5. The summed E-state index contributed by atoms with van der Waals surface area (Å²) in [6.45, 7) is 1.21. The van der Waals surface area contributed by atoms with E-state index < -0.39 is 36.0 Å². The molecule has 1 amide bonds. The number of aliphatic hydroxyl groups excluding tert-OH is 1. The van der Waals surface area contributed by atoms with Gasteiger partial charge < -0.3 is 15.1 Å². The topological polar surface area (TPSA) is 94.9 Å². The molecule has 1 aromatic carbocycles. The minimum absolute atomic E-state index is 0.0602. The SMILES string of the molecule is Cc1cc(F)cc2c1N(CC(O)CC(=O)O)C(=O)C2=O. The second-order valence-electron chi connectivity index (χ2n) is 4.62. The molecule has 1 heterocycles. The fourth-order valence-corrected chi connectivity index (χ4v) is 2.26. The molecule has 0 saturated carbocycles. The van der Waals surface area contributed by atoms with Gasteiger partial charge in [0.15, 0.2) is 0 Å². The van der Waals surface area contributed by atoms with Crippen LogP contribution in [0.15, 0.2) is 12.1 Å². The number of halogens is 1. The van der Waals surface area contributed by atoms with Crippen molar-refractivity contribution >= 4 is 23.3 Å². The molecular weight excluding hydrogens is 269 g/mol. The van der Waals surface area contributed by atoms with Gasteiger partial charge in [-0.15, -0.1) is 0 Å². The maximum absolute atomic E-state index is 13.3. The lowest BCUT2D eigenvalue weighted by Gasteiger charge is -2.21. The highest BCUT2D eigenvalue weighted by Crippen LogP contribution is 2.33. The normalized spacial score (nSPS) is 15.4. The van der Waals surface area contributed by atoms with Crippen LogP contribution in [0.4, 0.5) is 10.1 Å². The highest BCUT2D eigenvalue weighted by Gasteiger charge is 2.38. The van der Waals surface area contributed by atoms with Crippen LogP contribution in [0.2, 0.25) is 0 Å². The Morgan fingerprint density at radius 1 is 1.40 bits per heavy atom. The van der Waals surface area contributed by atoms with Crippen molar-refractivity contribution in [1.29, 1.82) is 0 Å². The van der Waals surface area contributed by atoms with Crippen LogP contribution in [-0.4, -0.2) is 40.5 Å². The first kappa shape index (κ1) is 14.1. The van der Waals surface area contributed by atoms with Gasteiger partial charge in [0.05, 0.1) is 30.3 Å². The Morgan fingerprint density at radius 2 is 2.05 bits per heavy atom. The number of amides is 1. The van der Waals surface area contributed by atoms with Gasteiger partial charge in [0.2, 0.25) is 0 Å². The van der Waals surface area contributed by atoms with Gasteiger partial charge in [-0.1, -0.05) is 0 Å². The Hall–Kier alpha value is -2.28. The van der Waals surface area contributed by atoms with E-state index in [-0.39, 0.29) is 17.8 Å². The summed E-state index contributed by atoms with van der Waals surface area (Å²) in [4.78, 5) is 35.1. The summed E-state index contributed by atoms with van der Waals surface area (Å²) in [5.74, 6) is -3.59. The molecule has 0 spiro atoms. The molecule has 1 aliphatic heterocycles. The Labute approximate surface area is 113 Å². The van der Waals surface area contributed by atoms with Crippen molar-refractivity contribution < 1.29 is 29.0 Å². The monoisotopic (exact) mass is 281 g/mol. The zero-order valence-electron chi connectivity index (χ0n) is 10.6. The van der Waals surface area contributed by atoms with Crippen LogP contribution in [0, 0.1) is 12.7 Å². The van der Waals surface area contributed by atoms with E-state index in [1.807, 2.05) is 0 Å². The number of β-amino-alcohol motifs (C(OH)–C–C–N with tert-alkyl or cyclic N) is 1. The number of carboxylic acids is 1. The van der Waals surface area contributed by atoms with E-state index in [1.165, 1.54) is 13.0 Å². The number of hydrogen-bond acceptors (Lipinski definition) is 4. The lowest BCUT2D eigenvalue weighted by atomic mass is 10.1. The number of rotatable bonds is 4. The number of benzene rings is 1. The molecule has 1 aliphatic rings. The van der Waals surface area contributed by atoms with Gasteiger partial charge >= 0.3 is 5.97 Å². The molecule has 0 saturated heterocycles. The summed E-state index contributed by atoms with van der Waals surface area (Å²) in [6, 6.07) is 2.13. The predicted octanol–water partition coefficient (Wildman–Crippen LogP) is 0.499. The summed E-state index contributed by atoms with van der Waals surface area (Å²) in [7, 11) is 0. The molecule has 0 radical (unpaired) electrons. The molecule has 1 atom stereocenters. The van der Waals surface area contributed by atoms with Crippen LogP contribution in [0.3, 0.4) is 0 Å². The summed E-state index contributed by atoms with van der Waals surface area (Å²) < 4.78 is 13.3. The number of fused-ring (bicyclic) bond motifs is 1. The number of carbonyl (C=O) groups is 3. The number of anilines is 1. The molecule has 2 rings (SSSR count). The number of carbonyl (C=O) groups excluding carboxylic acids is 2. The number of carboxylic acid groups (broad SMARTS) is 1. The van der Waals surface area contributed by atoms with Crippen molar-refractivity contribution in [1.82, 2.24) is 0 Å². The van der Waals surface area contributed by atoms with Gasteiger partial charge in [-0.2, -0.15) is 0 Å². The van der Waals surface area contributed by atoms with Crippen molar-refractivity contribution in [3.63, 3.8) is 0 Å². The molecule has 106 valence electrons. The van der Waals surface area contributed by atoms with Gasteiger partial charge in [0.25, 0.3) is 11.7 Å². The molecule has 20 heavy (non-hydrogen) atoms. The van der Waals surface area contributed by atoms with Crippen LogP contribution < -0.4 is 4.90 Å². The molecule has 0 aromatic heterocycles. The Kier molecular flexibility index (Phi) is 3.54. The third kappa shape index (κ3) is 2.39. The van der Waals surface area contributed by atoms with Gasteiger partial charge in [0, 0.05) is 0 Å². The van der Waals surface area contributed by atoms with Crippen LogP contribution in [0.5, 0.6) is 0 Å². The Balaban J connectivity index is 2.36. The highest BCUT2D eigenvalue weighted by molar-refractivity contribution is 6.52. The zero-order valence-corrected chi connectivity index (χ0v) is 10.6. The standard InChI is InChI=1S/C13H12FNO5/c1-6-2-7(14)3-9-11(6)15(13(20)12(9)19)5-8(16)4-10(17)18/h2-3,8,16H,4-5H2,1H3,(H,17,18). The largest absolute Gasteiger partial charge is 0.481 e. The van der Waals surface area contributed by atoms with E-state index in [0.29, 0.717) is 5.56 Å². The third-order valence-electron chi connectivity index (χ3n) is 3.02. The molecule has 0 fully saturated rings. The van der Waals surface area contributed by atoms with Crippen molar-refractivity contribution in [2.24, 2.45) is 0 Å². The molecule has 2 N–H and O–H groups in total. The molecule has 0 bridgehead atoms. The second-order valence-corrected chi connectivity index (χ2v) is 4.62. The minimum Gasteiger partial charge on any atom is -0.481 e. The van der Waals surface area contributed by atoms with E-state index in [0.717, 1.165) is 11.0 Å². The summed E-state index contributed by atoms with van der Waals surface area (Å²) >= 11 is 0. The van der Waals surface area contributed by atoms with Crippen LogP contribution >= 0.6 is 0 Å². The molecule has 0 aliphatic carbocycles. The molecule has 7 heteroatoms. The van der Waals surface area contributed by atoms with Gasteiger partial charge in [0.1, 0.15) is 5.82 Å². The van der Waals surface area contributed by atoms with Gasteiger partial charge in [-0.05, 0) is 24.6 Å². The molecule has 6 nitrogen and oxygen atoms in total. The number of aliphatic carboxylic acids is 1. The summed E-state index contributed by atoms with van der Waals surface area (Å²) in [5, 5.41) is 18.2. The number of aryl methyl sites for hydroxylation is 1. The van der Waals surface area contributed by atoms with Crippen molar-refractivity contribution in [2.45, 2.75) is 19.4 Å². The third-order valence-corrected chi connectivity index (χ3v) is 3.02. The van der Waals surface area contributed by atoms with E-state index in [1.54, 1.807) is 0 Å². The Morgan fingerprint density at radius 3 is 2.65 bits per heavy atom. The average molecular weight is 281 g/mol. The fourth-order valence-electron chi connectivity index (χ4n) is 2.26. The maximum Gasteiger partial charge on any atom is 0.306 e. The number of Topliss-reactive ketones (excluding diaryl/α,β-unsaturated/α-hetero) is 1. The second kappa shape index (κ2) is 5.01. The smallest absolute Gasteiger partial charge is 0.306 e. The Bertz CT molecular complexity index is 613. The van der Waals surface area contributed by atoms with Gasteiger partial charge in [-0.3, -0.25) is 14.4 Å². The zero-order chi connectivity index (χ0) is 15.0. The van der Waals surface area contributed by atoms with Crippen LogP contribution in [-0.2, 0) is 9.59 Å². The van der Waals surface area contributed by atoms with E-state index in [9.17, 15) is 23.9 Å². The quantitative estimate of drug-likeness (QED) is 0.784. The van der Waals surface area contributed by atoms with Crippen molar-refractivity contribution in [3.05, 3.63) is 29.1 Å². The summed E-state index contributed by atoms with van der Waals surface area (Å²) in [5.41, 5.74) is 0.544. The van der Waals surface area contributed by atoms with Crippen LogP contribution in [0.25, 0.3) is 0 Å². The summed E-state index contributed by atoms with van der Waals surface area (Å²) in [6.07, 6.45) is -1.85. The molecule has 1 aromatic rings. The van der Waals surface area contributed by atoms with Gasteiger partial charge in [-0.25, -0.2) is 4.39 Å². The first-order valence-electron chi connectivity index (χ1n) is 5.87. The van der Waals surface area contributed by atoms with E-state index in [2.05, 4.69) is 0 Å². The number of hydrogen-bond donors (Lipinski definition) is 2. The number of ketones is 1. The van der Waals surface area contributed by atoms with Crippen molar-refractivity contribution in [3.8, 4) is 0 Å². The number of nitrogens with zero attached hydrogens (tertiary/aromatic N) is 1. The predicted molar refractivity (Wildman–Crippen MR) is 66.1 cm³/mol. The lowest BCUT2D eigenvalue weighted by molar-refractivity contribution is -0.139. The van der Waals surface area contributed by atoms with Crippen LogP contribution in [0.1, 0.15) is 22.3 Å². The van der Waals surface area contributed by atoms with E-state index >= 15 is 0 Å². The highest BCUT2D eigenvalue weighted by atomic mass is 19.1. The first-order chi connectivity index (χ1) is 9.31. The van der Waals surface area contributed by atoms with E-state index in [4.69, 9.17) is 5.11 Å². The first-order valence-corrected chi connectivity index (χ1v) is 5.87. The number of aliphatic hydroxyl groups is 1.